The summed E-state index contributed by atoms with van der Waals surface area (Å²) in [5.41, 5.74) is 10.6. The first-order chi connectivity index (χ1) is 21.8. The molecule has 45 heavy (non-hydrogen) atoms. The Morgan fingerprint density at radius 1 is 0.489 bits per heavy atom. The van der Waals surface area contributed by atoms with E-state index in [1.807, 2.05) is 0 Å². The van der Waals surface area contributed by atoms with Gasteiger partial charge in [0.15, 0.2) is 0 Å². The van der Waals surface area contributed by atoms with Crippen LogP contribution in [-0.4, -0.2) is 38.0 Å². The molecule has 2 nitrogen and oxygen atoms in total. The van der Waals surface area contributed by atoms with Crippen LogP contribution in [-0.2, 0) is 0 Å². The van der Waals surface area contributed by atoms with Gasteiger partial charge in [-0.2, -0.15) is 0 Å². The van der Waals surface area contributed by atoms with E-state index in [2.05, 4.69) is 197 Å². The van der Waals surface area contributed by atoms with Crippen molar-refractivity contribution < 1.29 is 0 Å². The summed E-state index contributed by atoms with van der Waals surface area (Å²) < 4.78 is 2.32. The maximum atomic E-state index is 3.99. The molecule has 0 aliphatic heterocycles. The first kappa shape index (κ1) is 30.5. The number of nitrogens with zero attached hydrogens (tertiary/aromatic N) is 2. The molecule has 0 bridgehead atoms. The van der Waals surface area contributed by atoms with Gasteiger partial charge >= 0.3 is 0 Å². The molecule has 2 aliphatic rings. The third-order valence-electron chi connectivity index (χ3n) is 8.90. The minimum Gasteiger partial charge on any atom is -0.298 e. The van der Waals surface area contributed by atoms with Crippen LogP contribution >= 0.6 is 39.8 Å². The zero-order valence-electron chi connectivity index (χ0n) is 25.9. The van der Waals surface area contributed by atoms with Crippen molar-refractivity contribution in [2.75, 3.05) is 28.2 Å². The first-order valence-electron chi connectivity index (χ1n) is 15.2. The van der Waals surface area contributed by atoms with Gasteiger partial charge in [-0.05, 0) is 121 Å². The molecule has 0 fully saturated rings. The highest BCUT2D eigenvalue weighted by Crippen LogP contribution is 2.51. The first-order valence-corrected chi connectivity index (χ1v) is 18.1. The Balaban J connectivity index is 1.50. The number of rotatable bonds is 7. The number of hydrogen-bond acceptors (Lipinski definition) is 2. The van der Waals surface area contributed by atoms with Gasteiger partial charge in [-0.15, -0.1) is 0 Å². The number of hydrogen-bond donors (Lipinski definition) is 0. The molecule has 0 amide bonds. The van der Waals surface area contributed by atoms with E-state index in [9.17, 15) is 0 Å². The van der Waals surface area contributed by atoms with Crippen molar-refractivity contribution in [2.24, 2.45) is 0 Å². The second-order valence-corrected chi connectivity index (χ2v) is 16.0. The number of halogens is 2. The Morgan fingerprint density at radius 2 is 0.867 bits per heavy atom. The summed E-state index contributed by atoms with van der Waals surface area (Å²) >= 11 is 7.99. The highest BCUT2D eigenvalue weighted by Gasteiger charge is 2.37. The van der Waals surface area contributed by atoms with Gasteiger partial charge in [0, 0.05) is 8.95 Å². The van der Waals surface area contributed by atoms with Crippen molar-refractivity contribution in [3.8, 4) is 0 Å². The molecule has 2 atom stereocenters. The Kier molecular flexibility index (Phi) is 8.54. The lowest BCUT2D eigenvalue weighted by atomic mass is 9.97. The number of likely N-dealkylation sites (N-methyl/N-ethyl adjacent to an activating group) is 2. The molecule has 0 aromatic heterocycles. The van der Waals surface area contributed by atoms with E-state index in [1.54, 1.807) is 0 Å². The van der Waals surface area contributed by atoms with Crippen molar-refractivity contribution in [1.82, 2.24) is 9.80 Å². The van der Waals surface area contributed by atoms with Crippen molar-refractivity contribution in [3.05, 3.63) is 158 Å². The maximum Gasteiger partial charge on any atom is 0.0620 e. The molecule has 0 heterocycles. The van der Waals surface area contributed by atoms with Crippen LogP contribution in [0.25, 0.3) is 23.3 Å². The van der Waals surface area contributed by atoms with Crippen molar-refractivity contribution in [2.45, 2.75) is 12.1 Å². The van der Waals surface area contributed by atoms with Crippen LogP contribution in [0.1, 0.15) is 45.5 Å². The van der Waals surface area contributed by atoms with E-state index in [4.69, 9.17) is 0 Å². The smallest absolute Gasteiger partial charge is 0.0620 e. The van der Waals surface area contributed by atoms with Crippen LogP contribution in [0.4, 0.5) is 0 Å². The van der Waals surface area contributed by atoms with E-state index < -0.39 is 7.92 Å². The molecule has 0 spiro atoms. The van der Waals surface area contributed by atoms with Gasteiger partial charge in [0.25, 0.3) is 0 Å². The van der Waals surface area contributed by atoms with E-state index in [1.165, 1.54) is 60.4 Å². The van der Waals surface area contributed by atoms with Crippen molar-refractivity contribution in [3.63, 3.8) is 0 Å². The second-order valence-electron chi connectivity index (χ2n) is 12.1. The molecule has 0 radical (unpaired) electrons. The summed E-state index contributed by atoms with van der Waals surface area (Å²) in [7, 11) is 7.86. The maximum absolute atomic E-state index is 3.99. The van der Waals surface area contributed by atoms with Crippen LogP contribution in [0.2, 0.25) is 0 Å². The topological polar surface area (TPSA) is 6.48 Å². The van der Waals surface area contributed by atoms with Gasteiger partial charge in [-0.25, -0.2) is 0 Å². The fourth-order valence-electron chi connectivity index (χ4n) is 7.03. The van der Waals surface area contributed by atoms with E-state index in [0.717, 1.165) is 8.95 Å². The number of fused-ring (bicyclic) bond motifs is 2. The average molecular weight is 735 g/mol. The Labute approximate surface area is 285 Å². The van der Waals surface area contributed by atoms with Gasteiger partial charge in [0.2, 0.25) is 0 Å². The van der Waals surface area contributed by atoms with Crippen LogP contribution in [0, 0.1) is 0 Å². The minimum atomic E-state index is -0.897. The van der Waals surface area contributed by atoms with E-state index in [-0.39, 0.29) is 12.1 Å². The highest BCUT2D eigenvalue weighted by molar-refractivity contribution is 9.10. The van der Waals surface area contributed by atoms with Crippen molar-refractivity contribution >= 4 is 79.0 Å². The molecule has 2 aliphatic carbocycles. The van der Waals surface area contributed by atoms with E-state index in [0.29, 0.717) is 0 Å². The normalized spacial score (nSPS) is 17.7. The molecule has 5 aromatic rings. The third kappa shape index (κ3) is 5.41. The molecule has 0 saturated heterocycles. The lowest BCUT2D eigenvalue weighted by Crippen LogP contribution is -2.27. The van der Waals surface area contributed by atoms with Crippen LogP contribution in [0.5, 0.6) is 0 Å². The molecule has 0 saturated carbocycles. The Hall–Kier alpha value is -3.11. The number of benzene rings is 5. The van der Waals surface area contributed by atoms with Gasteiger partial charge in [0.1, 0.15) is 0 Å². The molecule has 224 valence electrons. The fraction of sp³-hybridized carbons (Fsp3) is 0.150. The Morgan fingerprint density at radius 3 is 1.24 bits per heavy atom. The summed E-state index contributed by atoms with van der Waals surface area (Å²) in [6.07, 6.45) is 4.92. The summed E-state index contributed by atoms with van der Waals surface area (Å²) in [5.74, 6) is 0. The predicted molar refractivity (Wildman–Crippen MR) is 202 cm³/mol. The lowest BCUT2D eigenvalue weighted by Gasteiger charge is -2.29. The molecule has 5 heteroatoms. The Bertz CT molecular complexity index is 1810. The van der Waals surface area contributed by atoms with Crippen molar-refractivity contribution in [1.29, 1.82) is 0 Å². The van der Waals surface area contributed by atoms with Gasteiger partial charge < -0.3 is 0 Å². The standard InChI is InChI=1S/C40H35Br2N2P/c1-43(2)39-29(26-14-8-5-9-15-26)24-31-35(22-20-33(41)37(31)39)45(28-18-12-7-13-19-28)36-23-21-34(42)38-32(36)25-30(40(38)44(3)4)27-16-10-6-11-17-27/h5-25,39-40H,1-4H3. The van der Waals surface area contributed by atoms with Gasteiger partial charge in [-0.3, -0.25) is 9.80 Å². The fourth-order valence-corrected chi connectivity index (χ4v) is 10.7. The molecular formula is C40H35Br2N2P. The highest BCUT2D eigenvalue weighted by atomic mass is 79.9. The summed E-state index contributed by atoms with van der Waals surface area (Å²) in [6.45, 7) is 0. The third-order valence-corrected chi connectivity index (χ3v) is 12.8. The zero-order chi connectivity index (χ0) is 31.2. The molecule has 5 aromatic carbocycles. The summed E-state index contributed by atoms with van der Waals surface area (Å²) in [6, 6.07) is 42.4. The van der Waals surface area contributed by atoms with Crippen LogP contribution in [0.15, 0.2) is 124 Å². The molecular weight excluding hydrogens is 699 g/mol. The summed E-state index contributed by atoms with van der Waals surface area (Å²) in [5, 5.41) is 4.13. The quantitative estimate of drug-likeness (QED) is 0.154. The zero-order valence-corrected chi connectivity index (χ0v) is 29.9. The SMILES string of the molecule is CN(C)C1C(c2ccccc2)=Cc2c(P(c3ccccc3)c3ccc(Br)c4c3C=C(c3ccccc3)C4N(C)C)ccc(Br)c21. The second kappa shape index (κ2) is 12.6. The predicted octanol–water partition coefficient (Wildman–Crippen LogP) is 9.28. The molecule has 2 unspecified atom stereocenters. The molecule has 7 rings (SSSR count). The monoisotopic (exact) mass is 732 g/mol. The van der Waals surface area contributed by atoms with Gasteiger partial charge in [-0.1, -0.05) is 135 Å². The lowest BCUT2D eigenvalue weighted by molar-refractivity contribution is 0.363. The summed E-state index contributed by atoms with van der Waals surface area (Å²) in [4.78, 5) is 4.69. The van der Waals surface area contributed by atoms with Crippen LogP contribution < -0.4 is 15.9 Å². The largest absolute Gasteiger partial charge is 0.298 e. The molecule has 0 N–H and O–H groups in total. The minimum absolute atomic E-state index is 0.155. The van der Waals surface area contributed by atoms with E-state index >= 15 is 0 Å². The van der Waals surface area contributed by atoms with Crippen LogP contribution in [0.3, 0.4) is 0 Å². The van der Waals surface area contributed by atoms with Gasteiger partial charge in [0.05, 0.1) is 12.1 Å². The average Bonchev–Trinajstić information content (AvgIpc) is 3.67.